The van der Waals surface area contributed by atoms with E-state index in [2.05, 4.69) is 17.2 Å². The van der Waals surface area contributed by atoms with Crippen LogP contribution < -0.4 is 27.4 Å². The van der Waals surface area contributed by atoms with Crippen molar-refractivity contribution in [2.75, 3.05) is 12.3 Å². The maximum absolute atomic E-state index is 6.03. The predicted octanol–water partition coefficient (Wildman–Crippen LogP) is -1.63. The van der Waals surface area contributed by atoms with Crippen LogP contribution in [0.2, 0.25) is 0 Å². The van der Waals surface area contributed by atoms with Gasteiger partial charge >= 0.3 is 0 Å². The van der Waals surface area contributed by atoms with Crippen molar-refractivity contribution in [2.24, 2.45) is 7.05 Å². The highest BCUT2D eigenvalue weighted by Crippen LogP contribution is 2.24. The Kier molecular flexibility index (Phi) is 4.65. The smallest absolute Gasteiger partial charge is 0.257 e. The lowest BCUT2D eigenvalue weighted by Gasteiger charge is -2.03. The third kappa shape index (κ3) is 3.25. The fourth-order valence-corrected chi connectivity index (χ4v) is 2.07. The van der Waals surface area contributed by atoms with Crippen molar-refractivity contribution >= 4 is 11.2 Å². The largest absolute Gasteiger partial charge is 1.00 e. The molecule has 0 aliphatic heterocycles. The fraction of sp³-hybridized carbons (Fsp3) is 0.200. The first-order valence-electron chi connectivity index (χ1n) is 6.54. The van der Waals surface area contributed by atoms with E-state index in [0.29, 0.717) is 18.2 Å². The molecule has 0 fully saturated rings. The van der Waals surface area contributed by atoms with E-state index in [-0.39, 0.29) is 12.4 Å². The van der Waals surface area contributed by atoms with Crippen LogP contribution in [0, 0.1) is 0 Å². The Morgan fingerprint density at radius 1 is 1.24 bits per heavy atom. The monoisotopic (exact) mass is 304 g/mol. The minimum Gasteiger partial charge on any atom is -1.00 e. The second-order valence-electron chi connectivity index (χ2n) is 4.72. The predicted molar refractivity (Wildman–Crippen MR) is 76.4 cm³/mol. The van der Waals surface area contributed by atoms with Gasteiger partial charge in [0, 0.05) is 24.8 Å². The molecule has 3 aromatic rings. The lowest BCUT2D eigenvalue weighted by molar-refractivity contribution is -0.671. The zero-order valence-corrected chi connectivity index (χ0v) is 12.5. The number of fused-ring (bicyclic) bond motifs is 1. The van der Waals surface area contributed by atoms with Gasteiger partial charge in [0.1, 0.15) is 12.7 Å². The lowest BCUT2D eigenvalue weighted by atomic mass is 10.2. The molecule has 0 aliphatic rings. The van der Waals surface area contributed by atoms with Crippen LogP contribution in [0.1, 0.15) is 5.56 Å². The SMILES string of the molecule is C[n+]1ccc(CCOc2nn3ccccc3c2N)cc1.[Cl-]. The molecule has 3 rings (SSSR count). The molecular weight excluding hydrogens is 288 g/mol. The minimum atomic E-state index is 0. The number of aryl methyl sites for hydroxylation is 1. The van der Waals surface area contributed by atoms with E-state index < -0.39 is 0 Å². The molecule has 3 heterocycles. The summed E-state index contributed by atoms with van der Waals surface area (Å²) in [6.45, 7) is 0.557. The van der Waals surface area contributed by atoms with Gasteiger partial charge in [0.15, 0.2) is 12.4 Å². The number of aromatic nitrogens is 3. The van der Waals surface area contributed by atoms with Crippen LogP contribution in [0.3, 0.4) is 0 Å². The van der Waals surface area contributed by atoms with E-state index in [9.17, 15) is 0 Å². The summed E-state index contributed by atoms with van der Waals surface area (Å²) in [5.41, 5.74) is 8.71. The van der Waals surface area contributed by atoms with E-state index >= 15 is 0 Å². The average molecular weight is 305 g/mol. The van der Waals surface area contributed by atoms with Crippen LogP contribution in [-0.2, 0) is 13.5 Å². The third-order valence-corrected chi connectivity index (χ3v) is 3.22. The summed E-state index contributed by atoms with van der Waals surface area (Å²) in [7, 11) is 2.00. The summed E-state index contributed by atoms with van der Waals surface area (Å²) in [4.78, 5) is 0. The Hall–Kier alpha value is -2.27. The van der Waals surface area contributed by atoms with Gasteiger partial charge in [-0.3, -0.25) is 0 Å². The van der Waals surface area contributed by atoms with Gasteiger partial charge < -0.3 is 22.9 Å². The van der Waals surface area contributed by atoms with Gasteiger partial charge in [-0.2, -0.15) is 0 Å². The number of rotatable bonds is 4. The molecule has 0 atom stereocenters. The van der Waals surface area contributed by atoms with E-state index in [0.717, 1.165) is 11.9 Å². The molecule has 21 heavy (non-hydrogen) atoms. The molecular formula is C15H17ClN4O. The fourth-order valence-electron chi connectivity index (χ4n) is 2.07. The summed E-state index contributed by atoms with van der Waals surface area (Å²) >= 11 is 0. The van der Waals surface area contributed by atoms with Crippen LogP contribution in [0.25, 0.3) is 5.52 Å². The van der Waals surface area contributed by atoms with Crippen molar-refractivity contribution in [1.82, 2.24) is 9.61 Å². The van der Waals surface area contributed by atoms with Crippen LogP contribution in [0.5, 0.6) is 5.88 Å². The van der Waals surface area contributed by atoms with Crippen LogP contribution in [0.15, 0.2) is 48.9 Å². The molecule has 5 nitrogen and oxygen atoms in total. The molecule has 0 saturated carbocycles. The first-order valence-corrected chi connectivity index (χ1v) is 6.54. The number of nitrogens with zero attached hydrogens (tertiary/aromatic N) is 3. The zero-order chi connectivity index (χ0) is 13.9. The van der Waals surface area contributed by atoms with Crippen molar-refractivity contribution in [2.45, 2.75) is 6.42 Å². The highest BCUT2D eigenvalue weighted by Gasteiger charge is 2.10. The summed E-state index contributed by atoms with van der Waals surface area (Å²) in [6, 6.07) is 9.92. The van der Waals surface area contributed by atoms with Crippen molar-refractivity contribution in [1.29, 1.82) is 0 Å². The zero-order valence-electron chi connectivity index (χ0n) is 11.7. The number of pyridine rings is 2. The number of halogens is 1. The molecule has 110 valence electrons. The Labute approximate surface area is 129 Å². The van der Waals surface area contributed by atoms with Gasteiger partial charge in [0.2, 0.25) is 0 Å². The van der Waals surface area contributed by atoms with Gasteiger partial charge in [-0.1, -0.05) is 6.07 Å². The first-order chi connectivity index (χ1) is 9.74. The van der Waals surface area contributed by atoms with Gasteiger partial charge in [-0.15, -0.1) is 5.10 Å². The molecule has 3 aromatic heterocycles. The Bertz CT molecular complexity index is 724. The van der Waals surface area contributed by atoms with Crippen molar-refractivity contribution in [3.63, 3.8) is 0 Å². The quantitative estimate of drug-likeness (QED) is 0.589. The molecule has 0 radical (unpaired) electrons. The van der Waals surface area contributed by atoms with Gasteiger partial charge in [-0.25, -0.2) is 9.08 Å². The first kappa shape index (κ1) is 15.1. The second-order valence-corrected chi connectivity index (χ2v) is 4.72. The highest BCUT2D eigenvalue weighted by atomic mass is 35.5. The number of hydrogen-bond acceptors (Lipinski definition) is 3. The topological polar surface area (TPSA) is 56.4 Å². The van der Waals surface area contributed by atoms with Crippen LogP contribution >= 0.6 is 0 Å². The normalized spacial score (nSPS) is 10.3. The molecule has 0 aliphatic carbocycles. The molecule has 2 N–H and O–H groups in total. The van der Waals surface area contributed by atoms with Gasteiger partial charge in [0.05, 0.1) is 12.1 Å². The van der Waals surface area contributed by atoms with Gasteiger partial charge in [-0.05, 0) is 17.7 Å². The van der Waals surface area contributed by atoms with E-state index in [1.165, 1.54) is 5.56 Å². The van der Waals surface area contributed by atoms with Crippen molar-refractivity contribution in [3.05, 3.63) is 54.5 Å². The van der Waals surface area contributed by atoms with Crippen LogP contribution in [-0.4, -0.2) is 16.2 Å². The summed E-state index contributed by atoms with van der Waals surface area (Å²) in [6.07, 6.45) is 6.73. The number of nitrogen functional groups attached to an aromatic ring is 1. The average Bonchev–Trinajstić information content (AvgIpc) is 2.78. The van der Waals surface area contributed by atoms with Crippen molar-refractivity contribution in [3.8, 4) is 5.88 Å². The maximum atomic E-state index is 6.03. The highest BCUT2D eigenvalue weighted by molar-refractivity contribution is 5.74. The van der Waals surface area contributed by atoms with Crippen molar-refractivity contribution < 1.29 is 21.7 Å². The summed E-state index contributed by atoms with van der Waals surface area (Å²) < 4.78 is 9.43. The number of anilines is 1. The second kappa shape index (κ2) is 6.45. The molecule has 0 spiro atoms. The molecule has 0 saturated heterocycles. The third-order valence-electron chi connectivity index (χ3n) is 3.22. The van der Waals surface area contributed by atoms with Crippen LogP contribution in [0.4, 0.5) is 5.69 Å². The number of nitrogens with two attached hydrogens (primary N) is 1. The summed E-state index contributed by atoms with van der Waals surface area (Å²) in [5, 5.41) is 4.32. The lowest BCUT2D eigenvalue weighted by Crippen LogP contribution is -3.00. The van der Waals surface area contributed by atoms with E-state index in [1.807, 2.05) is 48.4 Å². The minimum absolute atomic E-state index is 0. The standard InChI is InChI=1S/C15H17N4O.ClH/c1-18-9-5-12(6-10-18)7-11-20-15-14(16)13-4-2-3-8-19(13)17-15;/h2-6,8-10H,7,11,16H2,1H3;1H/q+1;/p-1. The van der Waals surface area contributed by atoms with Gasteiger partial charge in [0.25, 0.3) is 5.88 Å². The molecule has 0 aromatic carbocycles. The van der Waals surface area contributed by atoms with E-state index in [1.54, 1.807) is 4.52 Å². The molecule has 0 bridgehead atoms. The Morgan fingerprint density at radius 2 is 2.00 bits per heavy atom. The summed E-state index contributed by atoms with van der Waals surface area (Å²) in [5.74, 6) is 0.498. The van der Waals surface area contributed by atoms with E-state index in [4.69, 9.17) is 10.5 Å². The molecule has 6 heteroatoms. The number of hydrogen-bond donors (Lipinski definition) is 1. The molecule has 0 unspecified atom stereocenters. The Balaban J connectivity index is 0.00000161. The Morgan fingerprint density at radius 3 is 2.71 bits per heavy atom. The number of ether oxygens (including phenoxy) is 1. The molecule has 0 amide bonds. The maximum Gasteiger partial charge on any atom is 0.257 e.